The first kappa shape index (κ1) is 17.7. The first-order valence-electron chi connectivity index (χ1n) is 7.95. The minimum Gasteiger partial charge on any atom is -0.496 e. The van der Waals surface area contributed by atoms with Gasteiger partial charge in [0.25, 0.3) is 0 Å². The number of benzene rings is 2. The monoisotopic (exact) mass is 356 g/mol. The maximum Gasteiger partial charge on any atom is 0.231 e. The zero-order valence-corrected chi connectivity index (χ0v) is 15.3. The van der Waals surface area contributed by atoms with E-state index in [1.54, 1.807) is 37.5 Å². The van der Waals surface area contributed by atoms with Crippen molar-refractivity contribution in [1.82, 2.24) is 0 Å². The molecule has 0 saturated carbocycles. The van der Waals surface area contributed by atoms with Gasteiger partial charge in [-0.2, -0.15) is 0 Å². The third kappa shape index (κ3) is 2.83. The molecule has 26 heavy (non-hydrogen) atoms. The Labute approximate surface area is 151 Å². The second kappa shape index (κ2) is 7.00. The van der Waals surface area contributed by atoms with Crippen molar-refractivity contribution in [1.29, 1.82) is 0 Å². The fourth-order valence-corrected chi connectivity index (χ4v) is 2.93. The van der Waals surface area contributed by atoms with Crippen LogP contribution >= 0.6 is 0 Å². The van der Waals surface area contributed by atoms with Crippen molar-refractivity contribution < 1.29 is 28.5 Å². The molecule has 2 aromatic rings. The van der Waals surface area contributed by atoms with Gasteiger partial charge in [-0.15, -0.1) is 0 Å². The van der Waals surface area contributed by atoms with Crippen LogP contribution < -0.4 is 23.7 Å². The van der Waals surface area contributed by atoms with Crippen LogP contribution in [-0.2, 0) is 0 Å². The molecule has 0 saturated heterocycles. The first-order valence-corrected chi connectivity index (χ1v) is 7.95. The average molecular weight is 356 g/mol. The molecule has 0 radical (unpaired) electrons. The van der Waals surface area contributed by atoms with Crippen LogP contribution in [0.5, 0.6) is 28.7 Å². The zero-order chi connectivity index (χ0) is 18.8. The predicted molar refractivity (Wildman–Crippen MR) is 96.8 cm³/mol. The summed E-state index contributed by atoms with van der Waals surface area (Å²) in [4.78, 5) is 12.7. The number of hydrogen-bond acceptors (Lipinski definition) is 6. The van der Waals surface area contributed by atoms with Crippen LogP contribution in [0.4, 0.5) is 0 Å². The van der Waals surface area contributed by atoms with Gasteiger partial charge in [0.05, 0.1) is 34.0 Å². The Morgan fingerprint density at radius 2 is 1.50 bits per heavy atom. The fraction of sp³-hybridized carbons (Fsp3) is 0.250. The Kier molecular flexibility index (Phi) is 4.75. The number of allylic oxidation sites excluding steroid dienone is 1. The third-order valence-corrected chi connectivity index (χ3v) is 4.24. The summed E-state index contributed by atoms with van der Waals surface area (Å²) in [6.07, 6.45) is 1.65. The van der Waals surface area contributed by atoms with Crippen LogP contribution in [0, 0.1) is 6.92 Å². The molecule has 0 atom stereocenters. The molecule has 3 rings (SSSR count). The Hall–Kier alpha value is -3.15. The third-order valence-electron chi connectivity index (χ3n) is 4.24. The van der Waals surface area contributed by atoms with E-state index in [0.29, 0.717) is 39.9 Å². The van der Waals surface area contributed by atoms with Crippen molar-refractivity contribution in [2.45, 2.75) is 6.92 Å². The molecule has 6 nitrogen and oxygen atoms in total. The summed E-state index contributed by atoms with van der Waals surface area (Å²) in [5.41, 5.74) is 1.99. The highest BCUT2D eigenvalue weighted by Crippen LogP contribution is 2.41. The minimum absolute atomic E-state index is 0.181. The fourth-order valence-electron chi connectivity index (χ4n) is 2.93. The number of carbonyl (C=O) groups is 1. The Morgan fingerprint density at radius 3 is 2.04 bits per heavy atom. The van der Waals surface area contributed by atoms with Gasteiger partial charge in [0, 0.05) is 5.56 Å². The number of fused-ring (bicyclic) bond motifs is 1. The molecule has 6 heteroatoms. The van der Waals surface area contributed by atoms with Gasteiger partial charge in [-0.05, 0) is 42.8 Å². The lowest BCUT2D eigenvalue weighted by molar-refractivity contribution is 0.101. The van der Waals surface area contributed by atoms with E-state index in [2.05, 4.69) is 0 Å². The van der Waals surface area contributed by atoms with Crippen molar-refractivity contribution in [3.63, 3.8) is 0 Å². The molecule has 1 aliphatic rings. The summed E-state index contributed by atoms with van der Waals surface area (Å²) in [6, 6.07) is 6.97. The number of Topliss-reactive ketones (excluding diaryl/α,β-unsaturated/α-hetero) is 1. The van der Waals surface area contributed by atoms with Crippen LogP contribution in [0.1, 0.15) is 21.5 Å². The van der Waals surface area contributed by atoms with Gasteiger partial charge >= 0.3 is 0 Å². The average Bonchev–Trinajstić information content (AvgIpc) is 2.98. The lowest BCUT2D eigenvalue weighted by Gasteiger charge is -2.13. The highest BCUT2D eigenvalue weighted by molar-refractivity contribution is 6.15. The predicted octanol–water partition coefficient (Wildman–Crippen LogP) is 3.65. The van der Waals surface area contributed by atoms with Crippen molar-refractivity contribution in [2.24, 2.45) is 0 Å². The summed E-state index contributed by atoms with van der Waals surface area (Å²) in [6.45, 7) is 1.85. The van der Waals surface area contributed by atoms with Crippen molar-refractivity contribution in [3.8, 4) is 28.7 Å². The van der Waals surface area contributed by atoms with Crippen LogP contribution in [0.3, 0.4) is 0 Å². The highest BCUT2D eigenvalue weighted by Gasteiger charge is 2.30. The highest BCUT2D eigenvalue weighted by atomic mass is 16.5. The van der Waals surface area contributed by atoms with E-state index < -0.39 is 0 Å². The second-order valence-electron chi connectivity index (χ2n) is 5.67. The molecule has 1 aliphatic heterocycles. The number of methoxy groups -OCH3 is 4. The molecular formula is C20H20O6. The largest absolute Gasteiger partial charge is 0.496 e. The summed E-state index contributed by atoms with van der Waals surface area (Å²) in [5, 5.41) is 0. The molecular weight excluding hydrogens is 336 g/mol. The van der Waals surface area contributed by atoms with Crippen molar-refractivity contribution in [3.05, 3.63) is 46.7 Å². The lowest BCUT2D eigenvalue weighted by Crippen LogP contribution is -1.99. The molecule has 0 unspecified atom stereocenters. The topological polar surface area (TPSA) is 63.2 Å². The summed E-state index contributed by atoms with van der Waals surface area (Å²) >= 11 is 0. The molecule has 1 heterocycles. The van der Waals surface area contributed by atoms with Crippen LogP contribution in [0.15, 0.2) is 30.0 Å². The maximum atomic E-state index is 12.7. The van der Waals surface area contributed by atoms with E-state index in [-0.39, 0.29) is 11.5 Å². The Balaban J connectivity index is 2.04. The molecule has 0 N–H and O–H groups in total. The molecule has 2 aromatic carbocycles. The van der Waals surface area contributed by atoms with Gasteiger partial charge in [0.1, 0.15) is 11.5 Å². The number of ether oxygens (including phenoxy) is 5. The molecule has 0 aliphatic carbocycles. The van der Waals surface area contributed by atoms with Gasteiger partial charge < -0.3 is 23.7 Å². The van der Waals surface area contributed by atoms with Crippen LogP contribution in [0.25, 0.3) is 6.08 Å². The number of carbonyl (C=O) groups excluding carboxylic acids is 1. The minimum atomic E-state index is -0.181. The zero-order valence-electron chi connectivity index (χ0n) is 15.3. The van der Waals surface area contributed by atoms with Crippen LogP contribution in [0.2, 0.25) is 0 Å². The van der Waals surface area contributed by atoms with Gasteiger partial charge in [-0.25, -0.2) is 0 Å². The molecule has 0 amide bonds. The van der Waals surface area contributed by atoms with E-state index in [9.17, 15) is 4.79 Å². The first-order chi connectivity index (χ1) is 12.5. The van der Waals surface area contributed by atoms with Crippen molar-refractivity contribution >= 4 is 11.9 Å². The van der Waals surface area contributed by atoms with E-state index in [0.717, 1.165) is 5.56 Å². The molecule has 0 bridgehead atoms. The van der Waals surface area contributed by atoms with Gasteiger partial charge in [0.15, 0.2) is 17.3 Å². The number of ketones is 1. The summed E-state index contributed by atoms with van der Waals surface area (Å²) < 4.78 is 27.1. The molecule has 136 valence electrons. The van der Waals surface area contributed by atoms with E-state index in [1.807, 2.05) is 6.92 Å². The molecule has 0 aromatic heterocycles. The van der Waals surface area contributed by atoms with E-state index in [4.69, 9.17) is 23.7 Å². The van der Waals surface area contributed by atoms with E-state index >= 15 is 0 Å². The second-order valence-corrected chi connectivity index (χ2v) is 5.67. The van der Waals surface area contributed by atoms with Crippen molar-refractivity contribution in [2.75, 3.05) is 28.4 Å². The quantitative estimate of drug-likeness (QED) is 0.762. The van der Waals surface area contributed by atoms with Gasteiger partial charge in [0.2, 0.25) is 11.5 Å². The van der Waals surface area contributed by atoms with E-state index in [1.165, 1.54) is 21.3 Å². The van der Waals surface area contributed by atoms with Gasteiger partial charge in [-0.1, -0.05) is 0 Å². The SMILES string of the molecule is COc1ccc2c(c1C)O/C(=C\c1cc(OC)c(OC)c(OC)c1)C2=O. The molecule has 0 spiro atoms. The number of hydrogen-bond donors (Lipinski definition) is 0. The Bertz CT molecular complexity index is 872. The number of rotatable bonds is 5. The summed E-state index contributed by atoms with van der Waals surface area (Å²) in [5.74, 6) is 2.72. The Morgan fingerprint density at radius 1 is 0.885 bits per heavy atom. The molecule has 0 fully saturated rings. The summed E-state index contributed by atoms with van der Waals surface area (Å²) in [7, 11) is 6.20. The maximum absolute atomic E-state index is 12.7. The smallest absolute Gasteiger partial charge is 0.231 e. The van der Waals surface area contributed by atoms with Crippen LogP contribution in [-0.4, -0.2) is 34.2 Å². The normalized spacial score (nSPS) is 14.0. The lowest BCUT2D eigenvalue weighted by atomic mass is 10.1. The van der Waals surface area contributed by atoms with Gasteiger partial charge in [-0.3, -0.25) is 4.79 Å². The standard InChI is InChI=1S/C20H20O6/c1-11-14(22-2)7-6-13-18(21)15(26-19(11)13)8-12-9-16(23-3)20(25-5)17(10-12)24-4/h6-10H,1-5H3/b15-8-.